The van der Waals surface area contributed by atoms with E-state index in [0.717, 1.165) is 5.56 Å². The number of hydrogen-bond donors (Lipinski definition) is 2. The van der Waals surface area contributed by atoms with Gasteiger partial charge in [0.15, 0.2) is 11.6 Å². The molecule has 2 heterocycles. The van der Waals surface area contributed by atoms with Crippen LogP contribution in [0.4, 0.5) is 5.82 Å². The fourth-order valence-electron chi connectivity index (χ4n) is 2.00. The molecular formula is C16H17N5O2S. The summed E-state index contributed by atoms with van der Waals surface area (Å²) in [6, 6.07) is 9.65. The number of aryl methyl sites for hydroxylation is 2. The Morgan fingerprint density at radius 1 is 1.29 bits per heavy atom. The van der Waals surface area contributed by atoms with Crippen LogP contribution in [0.3, 0.4) is 0 Å². The van der Waals surface area contributed by atoms with Crippen molar-refractivity contribution in [2.75, 3.05) is 5.32 Å². The molecule has 2 N–H and O–H groups in total. The molecule has 0 radical (unpaired) electrons. The summed E-state index contributed by atoms with van der Waals surface area (Å²) >= 11 is 1.27. The monoisotopic (exact) mass is 343 g/mol. The van der Waals surface area contributed by atoms with Crippen molar-refractivity contribution in [3.8, 4) is 11.4 Å². The molecule has 0 aliphatic carbocycles. The zero-order valence-corrected chi connectivity index (χ0v) is 14.3. The fourth-order valence-corrected chi connectivity index (χ4v) is 2.73. The minimum absolute atomic E-state index is 0.185. The Hall–Kier alpha value is -2.61. The van der Waals surface area contributed by atoms with E-state index >= 15 is 0 Å². The van der Waals surface area contributed by atoms with Crippen LogP contribution in [0.25, 0.3) is 11.4 Å². The van der Waals surface area contributed by atoms with Gasteiger partial charge >= 0.3 is 0 Å². The number of carbonyl (C=O) groups is 1. The first-order valence-corrected chi connectivity index (χ1v) is 8.29. The lowest BCUT2D eigenvalue weighted by molar-refractivity contribution is -0.115. The number of H-pyrrole nitrogens is 1. The predicted molar refractivity (Wildman–Crippen MR) is 91.7 cm³/mol. The number of carbonyl (C=O) groups excluding carboxylic acids is 1. The fraction of sp³-hybridized carbons (Fsp3) is 0.250. The number of rotatable bonds is 5. The summed E-state index contributed by atoms with van der Waals surface area (Å²) in [5.74, 6) is 1.54. The smallest absolute Gasteiger partial charge is 0.238 e. The molecular weight excluding hydrogens is 326 g/mol. The number of nitrogens with one attached hydrogen (secondary N) is 2. The van der Waals surface area contributed by atoms with Crippen LogP contribution in [0.1, 0.15) is 18.2 Å². The van der Waals surface area contributed by atoms with Gasteiger partial charge in [-0.3, -0.25) is 9.89 Å². The van der Waals surface area contributed by atoms with E-state index in [0.29, 0.717) is 22.6 Å². The molecule has 1 aromatic carbocycles. The summed E-state index contributed by atoms with van der Waals surface area (Å²) in [6.45, 7) is 5.58. The van der Waals surface area contributed by atoms with Gasteiger partial charge in [-0.05, 0) is 20.8 Å². The molecule has 8 heteroatoms. The van der Waals surface area contributed by atoms with E-state index in [1.807, 2.05) is 31.2 Å². The van der Waals surface area contributed by atoms with Crippen LogP contribution < -0.4 is 5.32 Å². The maximum Gasteiger partial charge on any atom is 0.238 e. The van der Waals surface area contributed by atoms with Crippen LogP contribution in [0.5, 0.6) is 0 Å². The normalized spacial score (nSPS) is 12.1. The van der Waals surface area contributed by atoms with Gasteiger partial charge in [-0.2, -0.15) is 0 Å². The second-order valence-corrected chi connectivity index (χ2v) is 6.71. The first-order chi connectivity index (χ1) is 11.5. The lowest BCUT2D eigenvalue weighted by Crippen LogP contribution is -2.22. The largest absolute Gasteiger partial charge is 0.360 e. The number of aromatic amines is 1. The van der Waals surface area contributed by atoms with E-state index in [-0.39, 0.29) is 11.2 Å². The number of aromatic nitrogens is 4. The van der Waals surface area contributed by atoms with Gasteiger partial charge in [0.25, 0.3) is 0 Å². The predicted octanol–water partition coefficient (Wildman–Crippen LogP) is 3.20. The maximum absolute atomic E-state index is 12.2. The molecule has 24 heavy (non-hydrogen) atoms. The quantitative estimate of drug-likeness (QED) is 0.691. The van der Waals surface area contributed by atoms with E-state index < -0.39 is 0 Å². The maximum atomic E-state index is 12.2. The Kier molecular flexibility index (Phi) is 4.66. The number of hydrogen-bond acceptors (Lipinski definition) is 6. The number of anilines is 1. The van der Waals surface area contributed by atoms with E-state index in [4.69, 9.17) is 4.52 Å². The van der Waals surface area contributed by atoms with Gasteiger partial charge in [0.05, 0.1) is 5.25 Å². The van der Waals surface area contributed by atoms with Crippen LogP contribution in [0, 0.1) is 13.8 Å². The van der Waals surface area contributed by atoms with E-state index in [1.165, 1.54) is 17.3 Å². The topological polar surface area (TPSA) is 96.7 Å². The summed E-state index contributed by atoms with van der Waals surface area (Å²) in [6.07, 6.45) is 0. The summed E-state index contributed by atoms with van der Waals surface area (Å²) in [4.78, 5) is 16.6. The molecule has 0 saturated carbocycles. The lowest BCUT2D eigenvalue weighted by atomic mass is 10.1. The Morgan fingerprint density at radius 3 is 2.71 bits per heavy atom. The summed E-state index contributed by atoms with van der Waals surface area (Å²) in [7, 11) is 0. The number of nitrogens with zero attached hydrogens (tertiary/aromatic N) is 3. The van der Waals surface area contributed by atoms with Gasteiger partial charge in [0.1, 0.15) is 5.76 Å². The number of thioether (sulfide) groups is 1. The molecule has 3 aromatic rings. The molecule has 0 saturated heterocycles. The molecule has 0 bridgehead atoms. The van der Waals surface area contributed by atoms with Crippen molar-refractivity contribution in [1.29, 1.82) is 0 Å². The van der Waals surface area contributed by atoms with Crippen molar-refractivity contribution in [3.63, 3.8) is 0 Å². The number of benzene rings is 1. The van der Waals surface area contributed by atoms with Gasteiger partial charge < -0.3 is 9.84 Å². The highest BCUT2D eigenvalue weighted by molar-refractivity contribution is 8.00. The average Bonchev–Trinajstić information content (AvgIpc) is 3.17. The molecule has 1 atom stereocenters. The molecule has 7 nitrogen and oxygen atoms in total. The highest BCUT2D eigenvalue weighted by atomic mass is 32.2. The van der Waals surface area contributed by atoms with Crippen molar-refractivity contribution in [1.82, 2.24) is 20.3 Å². The molecule has 0 aliphatic rings. The standard InChI is InChI=1S/C16H17N5O2S/c1-9-4-6-12(7-5-9)14-18-16(20-19-14)24-11(3)15(22)17-13-8-10(2)23-21-13/h4-8,11H,1-3H3,(H,17,21,22)(H,18,19,20)/t11-/m0/s1. The van der Waals surface area contributed by atoms with Gasteiger partial charge in [-0.15, -0.1) is 5.10 Å². The molecule has 1 amide bonds. The highest BCUT2D eigenvalue weighted by Crippen LogP contribution is 2.23. The van der Waals surface area contributed by atoms with E-state index in [9.17, 15) is 4.79 Å². The van der Waals surface area contributed by atoms with Crippen LogP contribution in [0.15, 0.2) is 40.0 Å². The minimum Gasteiger partial charge on any atom is -0.360 e. The molecule has 124 valence electrons. The second-order valence-electron chi connectivity index (χ2n) is 5.40. The van der Waals surface area contributed by atoms with Gasteiger partial charge in [-0.1, -0.05) is 46.7 Å². The summed E-state index contributed by atoms with van der Waals surface area (Å²) in [5.41, 5.74) is 2.14. The van der Waals surface area contributed by atoms with Crippen LogP contribution >= 0.6 is 11.8 Å². The minimum atomic E-state index is -0.372. The highest BCUT2D eigenvalue weighted by Gasteiger charge is 2.18. The first-order valence-electron chi connectivity index (χ1n) is 7.41. The molecule has 2 aromatic heterocycles. The lowest BCUT2D eigenvalue weighted by Gasteiger charge is -2.07. The zero-order chi connectivity index (χ0) is 17.1. The van der Waals surface area contributed by atoms with E-state index in [1.54, 1.807) is 19.9 Å². The molecule has 0 aliphatic heterocycles. The first kappa shape index (κ1) is 16.3. The second kappa shape index (κ2) is 6.88. The molecule has 0 fully saturated rings. The molecule has 3 rings (SSSR count). The Morgan fingerprint density at radius 2 is 2.04 bits per heavy atom. The van der Waals surface area contributed by atoms with Crippen molar-refractivity contribution < 1.29 is 9.32 Å². The van der Waals surface area contributed by atoms with E-state index in [2.05, 4.69) is 25.7 Å². The summed E-state index contributed by atoms with van der Waals surface area (Å²) < 4.78 is 4.92. The third-order valence-corrected chi connectivity index (χ3v) is 4.28. The molecule has 0 unspecified atom stereocenters. The Bertz CT molecular complexity index is 840. The van der Waals surface area contributed by atoms with Crippen LogP contribution in [-0.4, -0.2) is 31.5 Å². The van der Waals surface area contributed by atoms with Crippen LogP contribution in [0.2, 0.25) is 0 Å². The van der Waals surface area contributed by atoms with Crippen molar-refractivity contribution in [2.45, 2.75) is 31.2 Å². The van der Waals surface area contributed by atoms with Crippen molar-refractivity contribution in [2.24, 2.45) is 0 Å². The number of amides is 1. The Labute approximate surface area is 143 Å². The van der Waals surface area contributed by atoms with Gasteiger partial charge in [-0.25, -0.2) is 4.98 Å². The molecule has 0 spiro atoms. The third kappa shape index (κ3) is 3.83. The van der Waals surface area contributed by atoms with Crippen molar-refractivity contribution >= 4 is 23.5 Å². The Balaban J connectivity index is 1.63. The van der Waals surface area contributed by atoms with Crippen molar-refractivity contribution in [3.05, 3.63) is 41.7 Å². The van der Waals surface area contributed by atoms with Gasteiger partial charge in [0.2, 0.25) is 11.1 Å². The SMILES string of the molecule is Cc1ccc(-c2nc(S[C@@H](C)C(=O)Nc3cc(C)on3)n[nH]2)cc1. The summed E-state index contributed by atoms with van der Waals surface area (Å²) in [5, 5.41) is 13.6. The van der Waals surface area contributed by atoms with Gasteiger partial charge in [0, 0.05) is 11.6 Å². The third-order valence-electron chi connectivity index (χ3n) is 3.32. The van der Waals surface area contributed by atoms with Crippen LogP contribution in [-0.2, 0) is 4.79 Å². The zero-order valence-electron chi connectivity index (χ0n) is 13.5. The average molecular weight is 343 g/mol.